The molecule has 1 heterocycles. The molecule has 0 saturated heterocycles. The quantitative estimate of drug-likeness (QED) is 0.673. The number of hydrogen-bond donors (Lipinski definition) is 2. The van der Waals surface area contributed by atoms with Crippen LogP contribution in [0.15, 0.2) is 54.6 Å². The van der Waals surface area contributed by atoms with Crippen molar-refractivity contribution < 1.29 is 9.72 Å². The van der Waals surface area contributed by atoms with Crippen LogP contribution in [0.5, 0.6) is 0 Å². The summed E-state index contributed by atoms with van der Waals surface area (Å²) in [7, 11) is 0. The lowest BCUT2D eigenvalue weighted by molar-refractivity contribution is -0.384. The molecule has 1 aliphatic rings. The Labute approximate surface area is 126 Å². The minimum Gasteiger partial charge on any atom is -0.361 e. The van der Waals surface area contributed by atoms with E-state index in [0.717, 1.165) is 11.3 Å². The molecule has 1 aliphatic heterocycles. The van der Waals surface area contributed by atoms with Crippen LogP contribution >= 0.6 is 0 Å². The number of hydrogen-bond acceptors (Lipinski definition) is 4. The number of anilines is 1. The minimum absolute atomic E-state index is 0.0511. The topological polar surface area (TPSA) is 84.3 Å². The van der Waals surface area contributed by atoms with E-state index in [-0.39, 0.29) is 17.8 Å². The minimum atomic E-state index is -0.437. The monoisotopic (exact) mass is 295 g/mol. The number of amides is 1. The van der Waals surface area contributed by atoms with E-state index in [1.54, 1.807) is 30.4 Å². The zero-order valence-electron chi connectivity index (χ0n) is 11.5. The number of nitrogens with zero attached hydrogens (tertiary/aromatic N) is 1. The Morgan fingerprint density at radius 1 is 1.05 bits per heavy atom. The Hall–Kier alpha value is -3.15. The van der Waals surface area contributed by atoms with Crippen molar-refractivity contribution in [3.8, 4) is 0 Å². The normalized spacial score (nSPS) is 16.7. The number of para-hydroxylation sites is 1. The third-order valence-corrected chi connectivity index (χ3v) is 3.35. The number of benzene rings is 2. The summed E-state index contributed by atoms with van der Waals surface area (Å²) in [6, 6.07) is 13.5. The van der Waals surface area contributed by atoms with Crippen LogP contribution < -0.4 is 10.6 Å². The molecular weight excluding hydrogens is 282 g/mol. The Bertz CT molecular complexity index is 753. The average Bonchev–Trinajstić information content (AvgIpc) is 2.53. The molecule has 1 atom stereocenters. The molecule has 2 aromatic rings. The van der Waals surface area contributed by atoms with Crippen molar-refractivity contribution >= 4 is 23.4 Å². The number of carbonyl (C=O) groups excluding carboxylic acids is 1. The summed E-state index contributed by atoms with van der Waals surface area (Å²) in [6.07, 6.45) is 3.28. The van der Waals surface area contributed by atoms with Crippen molar-refractivity contribution in [2.45, 2.75) is 6.17 Å². The van der Waals surface area contributed by atoms with Crippen LogP contribution in [-0.2, 0) is 0 Å². The number of carbonyl (C=O) groups is 1. The predicted octanol–water partition coefficient (Wildman–Crippen LogP) is 2.79. The number of nitro groups is 1. The maximum atomic E-state index is 12.0. The van der Waals surface area contributed by atoms with E-state index in [9.17, 15) is 14.9 Å². The highest BCUT2D eigenvalue weighted by molar-refractivity contribution is 6.01. The lowest BCUT2D eigenvalue weighted by atomic mass is 10.1. The molecule has 0 spiro atoms. The molecule has 2 aromatic carbocycles. The summed E-state index contributed by atoms with van der Waals surface area (Å²) in [5.41, 5.74) is 2.27. The van der Waals surface area contributed by atoms with Crippen LogP contribution in [0.2, 0.25) is 0 Å². The van der Waals surface area contributed by atoms with Crippen molar-refractivity contribution in [3.63, 3.8) is 0 Å². The van der Waals surface area contributed by atoms with Gasteiger partial charge in [-0.25, -0.2) is 0 Å². The van der Waals surface area contributed by atoms with Crippen LogP contribution in [0, 0.1) is 10.1 Å². The van der Waals surface area contributed by atoms with Crippen LogP contribution in [-0.4, -0.2) is 17.0 Å². The average molecular weight is 295 g/mol. The maximum Gasteiger partial charge on any atom is 0.269 e. The van der Waals surface area contributed by atoms with Crippen LogP contribution in [0.25, 0.3) is 6.08 Å². The van der Waals surface area contributed by atoms with Gasteiger partial charge in [0.05, 0.1) is 10.5 Å². The van der Waals surface area contributed by atoms with Gasteiger partial charge in [-0.3, -0.25) is 14.9 Å². The molecule has 0 aromatic heterocycles. The smallest absolute Gasteiger partial charge is 0.269 e. The van der Waals surface area contributed by atoms with E-state index in [2.05, 4.69) is 10.6 Å². The molecule has 6 heteroatoms. The zero-order valence-corrected chi connectivity index (χ0v) is 11.5. The first-order valence-electron chi connectivity index (χ1n) is 6.72. The first kappa shape index (κ1) is 13.8. The van der Waals surface area contributed by atoms with Crippen molar-refractivity contribution in [2.75, 3.05) is 5.32 Å². The van der Waals surface area contributed by atoms with Crippen LogP contribution in [0.1, 0.15) is 15.9 Å². The summed E-state index contributed by atoms with van der Waals surface area (Å²) in [6.45, 7) is 0. The molecule has 0 saturated carbocycles. The second kappa shape index (κ2) is 5.69. The van der Waals surface area contributed by atoms with E-state index in [1.165, 1.54) is 12.1 Å². The molecule has 0 aliphatic carbocycles. The lowest BCUT2D eigenvalue weighted by Crippen LogP contribution is -2.43. The third kappa shape index (κ3) is 2.80. The van der Waals surface area contributed by atoms with E-state index in [0.29, 0.717) is 5.56 Å². The molecule has 6 nitrogen and oxygen atoms in total. The Balaban J connectivity index is 1.74. The summed E-state index contributed by atoms with van der Waals surface area (Å²) in [5.74, 6) is -0.132. The molecule has 1 unspecified atom stereocenters. The largest absolute Gasteiger partial charge is 0.361 e. The Morgan fingerprint density at radius 2 is 1.77 bits per heavy atom. The fourth-order valence-corrected chi connectivity index (χ4v) is 2.24. The molecule has 3 rings (SSSR count). The van der Waals surface area contributed by atoms with Gasteiger partial charge in [-0.1, -0.05) is 18.2 Å². The van der Waals surface area contributed by atoms with Gasteiger partial charge in [0.15, 0.2) is 0 Å². The van der Waals surface area contributed by atoms with Gasteiger partial charge in [0.25, 0.3) is 11.6 Å². The number of non-ortho nitro benzene ring substituents is 1. The van der Waals surface area contributed by atoms with Gasteiger partial charge in [0, 0.05) is 17.8 Å². The number of fused-ring (bicyclic) bond motifs is 1. The number of rotatable bonds is 3. The lowest BCUT2D eigenvalue weighted by Gasteiger charge is -2.25. The molecule has 2 N–H and O–H groups in total. The highest BCUT2D eigenvalue weighted by atomic mass is 16.6. The fourth-order valence-electron chi connectivity index (χ4n) is 2.24. The van der Waals surface area contributed by atoms with Gasteiger partial charge in [-0.2, -0.15) is 0 Å². The van der Waals surface area contributed by atoms with Crippen molar-refractivity contribution in [2.24, 2.45) is 0 Å². The van der Waals surface area contributed by atoms with Gasteiger partial charge < -0.3 is 10.6 Å². The van der Waals surface area contributed by atoms with Crippen molar-refractivity contribution in [1.82, 2.24) is 5.32 Å². The van der Waals surface area contributed by atoms with Gasteiger partial charge >= 0.3 is 0 Å². The van der Waals surface area contributed by atoms with E-state index in [1.807, 2.05) is 18.2 Å². The van der Waals surface area contributed by atoms with Gasteiger partial charge in [0.1, 0.15) is 6.17 Å². The summed E-state index contributed by atoms with van der Waals surface area (Å²) in [4.78, 5) is 22.1. The third-order valence-electron chi connectivity index (χ3n) is 3.35. The first-order valence-corrected chi connectivity index (χ1v) is 6.72. The highest BCUT2D eigenvalue weighted by Gasteiger charge is 2.20. The SMILES string of the molecule is O=C1NC(C=Cc2ccc([N+](=O)[O-])cc2)Nc2ccccc21. The highest BCUT2D eigenvalue weighted by Crippen LogP contribution is 2.20. The number of nitro benzene ring substituents is 1. The van der Waals surface area contributed by atoms with Crippen molar-refractivity contribution in [3.05, 3.63) is 75.8 Å². The summed E-state index contributed by atoms with van der Waals surface area (Å²) < 4.78 is 0. The van der Waals surface area contributed by atoms with E-state index >= 15 is 0 Å². The fraction of sp³-hybridized carbons (Fsp3) is 0.0625. The van der Waals surface area contributed by atoms with Gasteiger partial charge in [-0.15, -0.1) is 0 Å². The molecule has 22 heavy (non-hydrogen) atoms. The molecule has 0 fully saturated rings. The molecule has 1 amide bonds. The van der Waals surface area contributed by atoms with Crippen LogP contribution in [0.3, 0.4) is 0 Å². The Morgan fingerprint density at radius 3 is 2.50 bits per heavy atom. The Kier molecular flexibility index (Phi) is 3.57. The van der Waals surface area contributed by atoms with Gasteiger partial charge in [0.2, 0.25) is 0 Å². The molecular formula is C16H13N3O3. The summed E-state index contributed by atoms with van der Waals surface area (Å²) >= 11 is 0. The van der Waals surface area contributed by atoms with Crippen molar-refractivity contribution in [1.29, 1.82) is 0 Å². The summed E-state index contributed by atoms with van der Waals surface area (Å²) in [5, 5.41) is 16.6. The predicted molar refractivity (Wildman–Crippen MR) is 83.4 cm³/mol. The molecule has 110 valence electrons. The maximum absolute atomic E-state index is 12.0. The standard InChI is InChI=1S/C16H13N3O3/c20-16-13-3-1-2-4-14(13)17-15(18-16)10-7-11-5-8-12(9-6-11)19(21)22/h1-10,15,17H,(H,18,20). The van der Waals surface area contributed by atoms with E-state index < -0.39 is 4.92 Å². The van der Waals surface area contributed by atoms with Crippen LogP contribution in [0.4, 0.5) is 11.4 Å². The second-order valence-electron chi connectivity index (χ2n) is 4.85. The zero-order chi connectivity index (χ0) is 15.5. The second-order valence-corrected chi connectivity index (χ2v) is 4.85. The van der Waals surface area contributed by atoms with E-state index in [4.69, 9.17) is 0 Å². The number of nitrogens with one attached hydrogen (secondary N) is 2. The first-order chi connectivity index (χ1) is 10.6. The molecule has 0 bridgehead atoms. The molecule has 0 radical (unpaired) electrons. The van der Waals surface area contributed by atoms with Gasteiger partial charge in [-0.05, 0) is 35.9 Å².